The number of nitrogens with one attached hydrogen (secondary N) is 1. The molecule has 4 rings (SSSR count). The van der Waals surface area contributed by atoms with Crippen LogP contribution in [-0.4, -0.2) is 29.8 Å². The van der Waals surface area contributed by atoms with Gasteiger partial charge in [0.15, 0.2) is 5.82 Å². The van der Waals surface area contributed by atoms with Crippen molar-refractivity contribution >= 4 is 33.9 Å². The molecule has 0 radical (unpaired) electrons. The van der Waals surface area contributed by atoms with Gasteiger partial charge in [0.2, 0.25) is 5.13 Å². The van der Waals surface area contributed by atoms with Crippen molar-refractivity contribution < 1.29 is 4.39 Å². The highest BCUT2D eigenvalue weighted by Crippen LogP contribution is 2.27. The van der Waals surface area contributed by atoms with Crippen LogP contribution >= 0.6 is 22.9 Å². The highest BCUT2D eigenvalue weighted by molar-refractivity contribution is 7.15. The minimum atomic E-state index is -0.352. The van der Waals surface area contributed by atoms with Gasteiger partial charge >= 0.3 is 0 Å². The number of hydrogen-bond donors (Lipinski definition) is 1. The van der Waals surface area contributed by atoms with Crippen LogP contribution in [0.5, 0.6) is 0 Å². The van der Waals surface area contributed by atoms with E-state index in [0.29, 0.717) is 21.5 Å². The summed E-state index contributed by atoms with van der Waals surface area (Å²) in [6, 6.07) is 8.44. The number of hydrogen-bond acceptors (Lipinski definition) is 6. The molecule has 0 spiro atoms. The summed E-state index contributed by atoms with van der Waals surface area (Å²) in [5.74, 6) is 0.244. The fourth-order valence-electron chi connectivity index (χ4n) is 3.07. The van der Waals surface area contributed by atoms with Crippen LogP contribution in [0.2, 0.25) is 5.02 Å². The van der Waals surface area contributed by atoms with Gasteiger partial charge in [0.1, 0.15) is 16.9 Å². The van der Waals surface area contributed by atoms with Gasteiger partial charge in [0.25, 0.3) is 0 Å². The fraction of sp³-hybridized carbons (Fsp3) is 0.263. The van der Waals surface area contributed by atoms with E-state index in [1.54, 1.807) is 29.1 Å². The lowest BCUT2D eigenvalue weighted by molar-refractivity contribution is 0.540. The van der Waals surface area contributed by atoms with Crippen LogP contribution in [0.1, 0.15) is 34.9 Å². The van der Waals surface area contributed by atoms with E-state index in [1.165, 1.54) is 17.4 Å². The van der Waals surface area contributed by atoms with Gasteiger partial charge in [-0.25, -0.2) is 4.39 Å². The van der Waals surface area contributed by atoms with Gasteiger partial charge in [-0.3, -0.25) is 9.36 Å². The molecule has 0 aliphatic rings. The van der Waals surface area contributed by atoms with Gasteiger partial charge in [-0.05, 0) is 39.0 Å². The van der Waals surface area contributed by atoms with E-state index in [9.17, 15) is 4.39 Å². The Hall–Kier alpha value is -2.78. The van der Waals surface area contributed by atoms with Crippen molar-refractivity contribution in [1.29, 1.82) is 0 Å². The van der Waals surface area contributed by atoms with Crippen molar-refractivity contribution in [3.63, 3.8) is 0 Å². The number of nitrogens with zero attached hydrogens (tertiary/aromatic N) is 6. The Kier molecular flexibility index (Phi) is 5.33. The topological polar surface area (TPSA) is 73.5 Å². The highest BCUT2D eigenvalue weighted by Gasteiger charge is 2.17. The molecule has 1 atom stereocenters. The first-order valence-corrected chi connectivity index (χ1v) is 10.2. The zero-order chi connectivity index (χ0) is 20.5. The molecule has 0 aliphatic carbocycles. The molecule has 150 valence electrons. The largest absolute Gasteiger partial charge is 0.313 e. The fourth-order valence-corrected chi connectivity index (χ4v) is 4.08. The number of anilines is 2. The Morgan fingerprint density at radius 1 is 1.21 bits per heavy atom. The lowest BCUT2D eigenvalue weighted by Crippen LogP contribution is -2.10. The van der Waals surface area contributed by atoms with Gasteiger partial charge in [-0.2, -0.15) is 10.2 Å². The minimum Gasteiger partial charge on any atom is -0.313 e. The number of halogens is 2. The van der Waals surface area contributed by atoms with Crippen molar-refractivity contribution in [2.24, 2.45) is 0 Å². The molecule has 29 heavy (non-hydrogen) atoms. The maximum absolute atomic E-state index is 14.0. The van der Waals surface area contributed by atoms with Crippen molar-refractivity contribution in [2.75, 3.05) is 5.32 Å². The molecule has 7 nitrogen and oxygen atoms in total. The molecule has 1 N–H and O–H groups in total. The molecule has 0 amide bonds. The molecular weight excluding hydrogens is 413 g/mol. The minimum absolute atomic E-state index is 0.0162. The van der Waals surface area contributed by atoms with E-state index in [0.717, 1.165) is 16.4 Å². The third-order valence-electron chi connectivity index (χ3n) is 4.47. The van der Waals surface area contributed by atoms with E-state index >= 15 is 0 Å². The summed E-state index contributed by atoms with van der Waals surface area (Å²) in [7, 11) is 0. The van der Waals surface area contributed by atoms with Crippen molar-refractivity contribution in [3.05, 3.63) is 69.3 Å². The van der Waals surface area contributed by atoms with Gasteiger partial charge in [0, 0.05) is 28.5 Å². The second-order valence-corrected chi connectivity index (χ2v) is 8.13. The Balaban J connectivity index is 1.46. The molecule has 0 aliphatic heterocycles. The molecule has 3 heterocycles. The molecule has 10 heteroatoms. The Bertz CT molecular complexity index is 1130. The third-order valence-corrected chi connectivity index (χ3v) is 5.83. The summed E-state index contributed by atoms with van der Waals surface area (Å²) in [6.07, 6.45) is 1.76. The first-order chi connectivity index (χ1) is 13.9. The lowest BCUT2D eigenvalue weighted by Gasteiger charge is -2.10. The molecule has 3 aromatic heterocycles. The standard InChI is InChI=1S/C19H19ClFN7S/c1-11-9-12(2)28(25-11)13(3)18-23-24-19(29-18)22-17-7-8-27(26-17)10-14-15(20)5-4-6-16(14)21/h4-9,13H,10H2,1-3H3,(H,22,24,26)/t13-/m1/s1. The van der Waals surface area contributed by atoms with E-state index < -0.39 is 0 Å². The Labute approximate surface area is 176 Å². The molecule has 4 aromatic rings. The quantitative estimate of drug-likeness (QED) is 0.477. The highest BCUT2D eigenvalue weighted by atomic mass is 35.5. The normalized spacial score (nSPS) is 12.3. The maximum Gasteiger partial charge on any atom is 0.211 e. The number of benzene rings is 1. The zero-order valence-corrected chi connectivity index (χ0v) is 17.7. The zero-order valence-electron chi connectivity index (χ0n) is 16.1. The van der Waals surface area contributed by atoms with Crippen LogP contribution in [0, 0.1) is 19.7 Å². The van der Waals surface area contributed by atoms with E-state index in [4.69, 9.17) is 11.6 Å². The van der Waals surface area contributed by atoms with Crippen LogP contribution in [0.4, 0.5) is 15.3 Å². The average molecular weight is 432 g/mol. The molecular formula is C19H19ClFN7S. The SMILES string of the molecule is Cc1cc(C)n([C@H](C)c2nnc(Nc3ccn(Cc4c(F)cccc4Cl)n3)s2)n1. The summed E-state index contributed by atoms with van der Waals surface area (Å²) < 4.78 is 17.5. The summed E-state index contributed by atoms with van der Waals surface area (Å²) >= 11 is 7.53. The maximum atomic E-state index is 14.0. The monoisotopic (exact) mass is 431 g/mol. The molecule has 0 unspecified atom stereocenters. The number of aryl methyl sites for hydroxylation is 2. The summed E-state index contributed by atoms with van der Waals surface area (Å²) in [4.78, 5) is 0. The summed E-state index contributed by atoms with van der Waals surface area (Å²) in [5, 5.41) is 22.4. The van der Waals surface area contributed by atoms with Crippen molar-refractivity contribution in [2.45, 2.75) is 33.4 Å². The molecule has 0 bridgehead atoms. The van der Waals surface area contributed by atoms with Crippen LogP contribution in [-0.2, 0) is 6.54 Å². The Morgan fingerprint density at radius 3 is 2.76 bits per heavy atom. The Morgan fingerprint density at radius 2 is 2.03 bits per heavy atom. The first-order valence-electron chi connectivity index (χ1n) is 9.00. The van der Waals surface area contributed by atoms with Crippen LogP contribution in [0.3, 0.4) is 0 Å². The number of aromatic nitrogens is 6. The predicted molar refractivity (Wildman–Crippen MR) is 111 cm³/mol. The van der Waals surface area contributed by atoms with E-state index in [1.807, 2.05) is 31.5 Å². The van der Waals surface area contributed by atoms with Gasteiger partial charge in [-0.15, -0.1) is 10.2 Å². The second kappa shape index (κ2) is 7.92. The smallest absolute Gasteiger partial charge is 0.211 e. The lowest BCUT2D eigenvalue weighted by atomic mass is 10.2. The molecule has 0 saturated carbocycles. The third kappa shape index (κ3) is 4.15. The molecule has 1 aromatic carbocycles. The van der Waals surface area contributed by atoms with E-state index in [2.05, 4.69) is 25.7 Å². The van der Waals surface area contributed by atoms with Crippen LogP contribution < -0.4 is 5.32 Å². The second-order valence-electron chi connectivity index (χ2n) is 6.72. The van der Waals surface area contributed by atoms with Crippen molar-refractivity contribution in [3.8, 4) is 0 Å². The number of rotatable bonds is 6. The predicted octanol–water partition coefficient (Wildman–Crippen LogP) is 4.74. The molecule has 0 saturated heterocycles. The van der Waals surface area contributed by atoms with Gasteiger partial charge in [-0.1, -0.05) is 29.0 Å². The van der Waals surface area contributed by atoms with E-state index in [-0.39, 0.29) is 18.4 Å². The van der Waals surface area contributed by atoms with Crippen LogP contribution in [0.25, 0.3) is 0 Å². The molecule has 0 fully saturated rings. The average Bonchev–Trinajstić information content (AvgIpc) is 3.39. The summed E-state index contributed by atoms with van der Waals surface area (Å²) in [6.45, 7) is 6.26. The first kappa shape index (κ1) is 19.5. The van der Waals surface area contributed by atoms with Gasteiger partial charge in [0.05, 0.1) is 12.2 Å². The van der Waals surface area contributed by atoms with Crippen LogP contribution in [0.15, 0.2) is 36.5 Å². The summed E-state index contributed by atoms with van der Waals surface area (Å²) in [5.41, 5.74) is 2.45. The van der Waals surface area contributed by atoms with Crippen molar-refractivity contribution in [1.82, 2.24) is 29.8 Å². The van der Waals surface area contributed by atoms with Gasteiger partial charge < -0.3 is 5.32 Å².